The van der Waals surface area contributed by atoms with Gasteiger partial charge in [-0.1, -0.05) is 13.2 Å². The molecule has 0 aliphatic carbocycles. The molecule has 0 saturated heterocycles. The lowest BCUT2D eigenvalue weighted by atomic mass is 10.1. The molecular weight excluding hydrogens is 352 g/mol. The fraction of sp³-hybridized carbons (Fsp3) is 0.455. The van der Waals surface area contributed by atoms with Gasteiger partial charge in [0.1, 0.15) is 0 Å². The molecule has 10 nitrogen and oxygen atoms in total. The zero-order valence-corrected chi connectivity index (χ0v) is 13.6. The lowest BCUT2D eigenvalue weighted by molar-refractivity contribution is -0.117. The van der Waals surface area contributed by atoms with Crippen molar-refractivity contribution in [3.63, 3.8) is 0 Å². The van der Waals surface area contributed by atoms with Gasteiger partial charge >= 0.3 is 0 Å². The number of amides is 2. The molecule has 0 aromatic heterocycles. The number of carbonyl (C=O) groups excluding carboxylic acids is 2. The van der Waals surface area contributed by atoms with Crippen LogP contribution in [0.15, 0.2) is 25.3 Å². The summed E-state index contributed by atoms with van der Waals surface area (Å²) < 4.78 is 61.6. The topological polar surface area (TPSA) is 167 Å². The van der Waals surface area contributed by atoms with Crippen molar-refractivity contribution in [3.8, 4) is 0 Å². The summed E-state index contributed by atoms with van der Waals surface area (Å²) in [7, 11) is -8.99. The first-order valence-corrected chi connectivity index (χ1v) is 9.34. The molecule has 0 fully saturated rings. The van der Waals surface area contributed by atoms with E-state index in [-0.39, 0.29) is 0 Å². The third-order valence-corrected chi connectivity index (χ3v) is 4.10. The van der Waals surface area contributed by atoms with E-state index in [2.05, 4.69) is 23.8 Å². The highest BCUT2D eigenvalue weighted by atomic mass is 32.2. The van der Waals surface area contributed by atoms with Crippen LogP contribution in [0.5, 0.6) is 0 Å². The summed E-state index contributed by atoms with van der Waals surface area (Å²) in [5.74, 6) is -3.37. The predicted molar refractivity (Wildman–Crippen MR) is 81.7 cm³/mol. The zero-order valence-electron chi connectivity index (χ0n) is 12.0. The van der Waals surface area contributed by atoms with Crippen molar-refractivity contribution >= 4 is 32.1 Å². The highest BCUT2D eigenvalue weighted by Crippen LogP contribution is 2.05. The normalized spacial score (nSPS) is 14.3. The molecule has 0 bridgehead atoms. The summed E-state index contributed by atoms with van der Waals surface area (Å²) in [4.78, 5) is 22.6. The summed E-state index contributed by atoms with van der Waals surface area (Å²) in [5.41, 5.74) is 0. The van der Waals surface area contributed by atoms with Gasteiger partial charge in [0.05, 0.1) is 11.5 Å². The number of rotatable bonds is 10. The maximum Gasteiger partial charge on any atom is 0.266 e. The lowest BCUT2D eigenvalue weighted by Gasteiger charge is -2.23. The molecule has 0 aromatic rings. The van der Waals surface area contributed by atoms with Crippen LogP contribution in [0.25, 0.3) is 0 Å². The van der Waals surface area contributed by atoms with E-state index < -0.39 is 62.1 Å². The van der Waals surface area contributed by atoms with Gasteiger partial charge in [-0.3, -0.25) is 18.7 Å². The van der Waals surface area contributed by atoms with Gasteiger partial charge < -0.3 is 10.6 Å². The van der Waals surface area contributed by atoms with Crippen molar-refractivity contribution in [2.75, 3.05) is 11.5 Å². The monoisotopic (exact) mass is 370 g/mol. The molecule has 0 heterocycles. The van der Waals surface area contributed by atoms with Gasteiger partial charge in [0.25, 0.3) is 20.2 Å². The van der Waals surface area contributed by atoms with E-state index in [1.54, 1.807) is 0 Å². The third-order valence-electron chi connectivity index (χ3n) is 2.46. The number of hydrogen-bond acceptors (Lipinski definition) is 6. The van der Waals surface area contributed by atoms with Crippen LogP contribution in [0.2, 0.25) is 0 Å². The fourth-order valence-corrected chi connectivity index (χ4v) is 3.17. The smallest absolute Gasteiger partial charge is 0.266 e. The van der Waals surface area contributed by atoms with E-state index >= 15 is 0 Å². The van der Waals surface area contributed by atoms with Gasteiger partial charge in [-0.15, -0.1) is 0 Å². The zero-order chi connectivity index (χ0) is 18.3. The van der Waals surface area contributed by atoms with Crippen LogP contribution in [0.1, 0.15) is 6.42 Å². The Morgan fingerprint density at radius 1 is 0.870 bits per heavy atom. The molecule has 0 radical (unpaired) electrons. The van der Waals surface area contributed by atoms with E-state index in [1.807, 2.05) is 0 Å². The standard InChI is InChI=1S/C11H18N2O8S2/c1-3-10(14)12-8(6-22(16,17)18)5-9(7-23(19,20)21)13-11(15)4-2/h3-4,8-9H,1-2,5-7H2,(H,12,14)(H,13,15)(H,16,17,18)(H,19,20,21). The minimum absolute atomic E-state index is 0.390. The Balaban J connectivity index is 5.28. The second-order valence-electron chi connectivity index (χ2n) is 4.55. The van der Waals surface area contributed by atoms with Gasteiger partial charge in [-0.05, 0) is 18.6 Å². The van der Waals surface area contributed by atoms with Gasteiger partial charge in [-0.2, -0.15) is 16.8 Å². The Bertz CT molecular complexity index is 610. The van der Waals surface area contributed by atoms with E-state index in [9.17, 15) is 26.4 Å². The Morgan fingerprint density at radius 3 is 1.39 bits per heavy atom. The van der Waals surface area contributed by atoms with Crippen LogP contribution >= 0.6 is 0 Å². The molecule has 12 heteroatoms. The summed E-state index contributed by atoms with van der Waals surface area (Å²) in [6.45, 7) is 6.33. The molecule has 0 aromatic carbocycles. The van der Waals surface area contributed by atoms with Gasteiger partial charge in [0, 0.05) is 12.1 Å². The molecule has 4 N–H and O–H groups in total. The average Bonchev–Trinajstić information content (AvgIpc) is 2.34. The van der Waals surface area contributed by atoms with Crippen molar-refractivity contribution in [1.29, 1.82) is 0 Å². The Labute approximate surface area is 134 Å². The summed E-state index contributed by atoms with van der Waals surface area (Å²) >= 11 is 0. The minimum Gasteiger partial charge on any atom is -0.349 e. The van der Waals surface area contributed by atoms with Gasteiger partial charge in [0.2, 0.25) is 11.8 Å². The van der Waals surface area contributed by atoms with E-state index in [0.29, 0.717) is 0 Å². The number of carbonyl (C=O) groups is 2. The lowest BCUT2D eigenvalue weighted by Crippen LogP contribution is -2.47. The summed E-state index contributed by atoms with van der Waals surface area (Å²) in [6.07, 6.45) is 1.30. The molecule has 132 valence electrons. The molecule has 2 amide bonds. The minimum atomic E-state index is -4.49. The van der Waals surface area contributed by atoms with Crippen molar-refractivity contribution in [3.05, 3.63) is 25.3 Å². The van der Waals surface area contributed by atoms with Crippen molar-refractivity contribution in [2.45, 2.75) is 18.5 Å². The van der Waals surface area contributed by atoms with Crippen LogP contribution < -0.4 is 10.6 Å². The molecule has 2 atom stereocenters. The van der Waals surface area contributed by atoms with Crippen molar-refractivity contribution < 1.29 is 35.5 Å². The van der Waals surface area contributed by atoms with Crippen LogP contribution in [0.3, 0.4) is 0 Å². The van der Waals surface area contributed by atoms with Crippen LogP contribution in [0.4, 0.5) is 0 Å². The second kappa shape index (κ2) is 8.76. The van der Waals surface area contributed by atoms with Crippen LogP contribution in [0, 0.1) is 0 Å². The SMILES string of the molecule is C=CC(=O)NC(CC(CS(=O)(=O)O)NC(=O)C=C)CS(=O)(=O)O. The Kier molecular flexibility index (Phi) is 8.09. The molecule has 0 saturated carbocycles. The highest BCUT2D eigenvalue weighted by molar-refractivity contribution is 7.86. The summed E-state index contributed by atoms with van der Waals surface area (Å²) in [6, 6.07) is -2.46. The molecule has 0 aliphatic heterocycles. The maximum absolute atomic E-state index is 11.3. The maximum atomic E-state index is 11.3. The first-order valence-electron chi connectivity index (χ1n) is 6.12. The number of hydrogen-bond donors (Lipinski definition) is 4. The van der Waals surface area contributed by atoms with Gasteiger partial charge in [-0.25, -0.2) is 0 Å². The predicted octanol–water partition coefficient (Wildman–Crippen LogP) is -1.51. The first kappa shape index (κ1) is 21.2. The van der Waals surface area contributed by atoms with Crippen LogP contribution in [-0.2, 0) is 29.8 Å². The van der Waals surface area contributed by atoms with Crippen molar-refractivity contribution in [1.82, 2.24) is 10.6 Å². The molecule has 23 heavy (non-hydrogen) atoms. The Hall–Kier alpha value is -1.76. The van der Waals surface area contributed by atoms with E-state index in [0.717, 1.165) is 12.2 Å². The Morgan fingerprint density at radius 2 is 1.17 bits per heavy atom. The van der Waals surface area contributed by atoms with Crippen molar-refractivity contribution in [2.24, 2.45) is 0 Å². The third kappa shape index (κ3) is 11.5. The summed E-state index contributed by atoms with van der Waals surface area (Å²) in [5, 5.41) is 4.36. The molecular formula is C11H18N2O8S2. The largest absolute Gasteiger partial charge is 0.349 e. The van der Waals surface area contributed by atoms with Crippen LogP contribution in [-0.4, -0.2) is 61.3 Å². The van der Waals surface area contributed by atoms with Gasteiger partial charge in [0.15, 0.2) is 0 Å². The van der Waals surface area contributed by atoms with E-state index in [4.69, 9.17) is 9.11 Å². The molecule has 0 spiro atoms. The quantitative estimate of drug-likeness (QED) is 0.266. The fourth-order valence-electron chi connectivity index (χ4n) is 1.71. The number of nitrogens with one attached hydrogen (secondary N) is 2. The highest BCUT2D eigenvalue weighted by Gasteiger charge is 2.26. The van der Waals surface area contributed by atoms with E-state index in [1.165, 1.54) is 0 Å². The molecule has 0 aliphatic rings. The first-order chi connectivity index (χ1) is 10.4. The second-order valence-corrected chi connectivity index (χ2v) is 7.55. The molecule has 0 rings (SSSR count). The average molecular weight is 370 g/mol. The molecule has 2 unspecified atom stereocenters.